The Labute approximate surface area is 231 Å². The van der Waals surface area contributed by atoms with Crippen LogP contribution < -0.4 is 10.6 Å². The number of aliphatic hydroxyl groups excluding tert-OH is 1. The van der Waals surface area contributed by atoms with Crippen LogP contribution in [0.3, 0.4) is 0 Å². The van der Waals surface area contributed by atoms with E-state index in [-0.39, 0.29) is 38.4 Å². The van der Waals surface area contributed by atoms with Crippen LogP contribution in [0.4, 0.5) is 0 Å². The van der Waals surface area contributed by atoms with E-state index in [1.807, 2.05) is 60.7 Å². The van der Waals surface area contributed by atoms with Crippen molar-refractivity contribution in [1.29, 1.82) is 0 Å². The van der Waals surface area contributed by atoms with Gasteiger partial charge in [-0.15, -0.1) is 13.2 Å². The normalized spacial score (nSPS) is 13.8. The summed E-state index contributed by atoms with van der Waals surface area (Å²) in [6.45, 7) is 7.22. The molecule has 210 valence electrons. The van der Waals surface area contributed by atoms with Gasteiger partial charge in [0.15, 0.2) is 0 Å². The molecule has 8 nitrogen and oxygen atoms in total. The van der Waals surface area contributed by atoms with Gasteiger partial charge < -0.3 is 25.2 Å². The van der Waals surface area contributed by atoms with Crippen molar-refractivity contribution in [2.45, 2.75) is 50.3 Å². The third-order valence-electron chi connectivity index (χ3n) is 6.14. The van der Waals surface area contributed by atoms with Gasteiger partial charge in [0.2, 0.25) is 11.8 Å². The fourth-order valence-electron chi connectivity index (χ4n) is 4.19. The number of amides is 2. The SMILES string of the molecule is C=CCCC(=O)O[C@@H](c1ccccc1)[C@H](COC)NC(=O)[C@H](CC=C)CC(=O)N[C@H](CO)Cc1ccccc1. The molecule has 0 aromatic heterocycles. The van der Waals surface area contributed by atoms with Crippen LogP contribution in [-0.4, -0.2) is 55.3 Å². The average Bonchev–Trinajstić information content (AvgIpc) is 2.95. The molecule has 2 rings (SSSR count). The van der Waals surface area contributed by atoms with Gasteiger partial charge in [-0.05, 0) is 30.4 Å². The minimum absolute atomic E-state index is 0.0801. The zero-order chi connectivity index (χ0) is 28.5. The first-order chi connectivity index (χ1) is 18.9. The van der Waals surface area contributed by atoms with Crippen molar-refractivity contribution < 1.29 is 29.0 Å². The van der Waals surface area contributed by atoms with E-state index in [2.05, 4.69) is 23.8 Å². The molecule has 0 heterocycles. The van der Waals surface area contributed by atoms with Crippen molar-refractivity contribution in [3.8, 4) is 0 Å². The number of rotatable bonds is 18. The standard InChI is InChI=1S/C31H40N2O6/c1-4-6-18-29(36)39-30(24-16-11-8-12-17-24)27(22-38-3)33-31(37)25(13-5-2)20-28(35)32-26(21-34)19-23-14-9-7-10-15-23/h4-5,7-12,14-17,25-27,30,34H,1-2,6,13,18-22H2,3H3,(H,32,35)(H,33,37)/t25-,26+,27+,30+/m1/s1. The average molecular weight is 537 g/mol. The van der Waals surface area contributed by atoms with Gasteiger partial charge in [-0.3, -0.25) is 14.4 Å². The van der Waals surface area contributed by atoms with Crippen molar-refractivity contribution in [2.24, 2.45) is 5.92 Å². The number of benzene rings is 2. The molecule has 0 saturated heterocycles. The van der Waals surface area contributed by atoms with E-state index < -0.39 is 36.0 Å². The Morgan fingerprint density at radius 3 is 2.23 bits per heavy atom. The van der Waals surface area contributed by atoms with Crippen LogP contribution in [0.1, 0.15) is 42.9 Å². The van der Waals surface area contributed by atoms with Gasteiger partial charge in [0.05, 0.1) is 31.2 Å². The molecule has 0 bridgehead atoms. The van der Waals surface area contributed by atoms with Crippen LogP contribution in [0.5, 0.6) is 0 Å². The molecule has 2 aromatic carbocycles. The number of methoxy groups -OCH3 is 1. The summed E-state index contributed by atoms with van der Waals surface area (Å²) in [7, 11) is 1.50. The van der Waals surface area contributed by atoms with Crippen LogP contribution in [-0.2, 0) is 30.3 Å². The second-order valence-electron chi connectivity index (χ2n) is 9.28. The van der Waals surface area contributed by atoms with Crippen LogP contribution >= 0.6 is 0 Å². The van der Waals surface area contributed by atoms with Gasteiger partial charge in [-0.1, -0.05) is 72.8 Å². The number of carbonyl (C=O) groups excluding carboxylic acids is 3. The summed E-state index contributed by atoms with van der Waals surface area (Å²) < 4.78 is 11.2. The first-order valence-electron chi connectivity index (χ1n) is 13.1. The van der Waals surface area contributed by atoms with Crippen molar-refractivity contribution in [3.05, 3.63) is 97.1 Å². The quantitative estimate of drug-likeness (QED) is 0.198. The van der Waals surface area contributed by atoms with Gasteiger partial charge in [-0.2, -0.15) is 0 Å². The number of ether oxygens (including phenoxy) is 2. The number of allylic oxidation sites excluding steroid dienone is 2. The Balaban J connectivity index is 2.14. The second-order valence-corrected chi connectivity index (χ2v) is 9.28. The lowest BCUT2D eigenvalue weighted by molar-refractivity contribution is -0.153. The molecule has 0 aliphatic carbocycles. The Morgan fingerprint density at radius 1 is 0.974 bits per heavy atom. The van der Waals surface area contributed by atoms with Gasteiger partial charge in [0, 0.05) is 20.0 Å². The zero-order valence-electron chi connectivity index (χ0n) is 22.6. The lowest BCUT2D eigenvalue weighted by atomic mass is 9.97. The molecule has 0 spiro atoms. The topological polar surface area (TPSA) is 114 Å². The van der Waals surface area contributed by atoms with Crippen LogP contribution in [0.25, 0.3) is 0 Å². The summed E-state index contributed by atoms with van der Waals surface area (Å²) in [6.07, 6.45) is 3.68. The maximum atomic E-state index is 13.4. The maximum absolute atomic E-state index is 13.4. The molecule has 0 unspecified atom stereocenters. The van der Waals surface area contributed by atoms with E-state index in [9.17, 15) is 19.5 Å². The Kier molecular flexibility index (Phi) is 14.3. The number of nitrogens with one attached hydrogen (secondary N) is 2. The fraction of sp³-hybridized carbons (Fsp3) is 0.387. The lowest BCUT2D eigenvalue weighted by Gasteiger charge is -2.29. The molecular formula is C31H40N2O6. The predicted octanol–water partition coefficient (Wildman–Crippen LogP) is 3.67. The van der Waals surface area contributed by atoms with Crippen molar-refractivity contribution in [2.75, 3.05) is 20.3 Å². The van der Waals surface area contributed by atoms with Crippen molar-refractivity contribution in [1.82, 2.24) is 10.6 Å². The number of hydrogen-bond acceptors (Lipinski definition) is 6. The van der Waals surface area contributed by atoms with Crippen molar-refractivity contribution in [3.63, 3.8) is 0 Å². The van der Waals surface area contributed by atoms with Crippen molar-refractivity contribution >= 4 is 17.8 Å². The number of esters is 1. The first kappa shape index (κ1) is 31.5. The number of hydrogen-bond donors (Lipinski definition) is 3. The van der Waals surface area contributed by atoms with Crippen LogP contribution in [0.15, 0.2) is 86.0 Å². The third-order valence-corrected chi connectivity index (χ3v) is 6.14. The molecule has 4 atom stereocenters. The smallest absolute Gasteiger partial charge is 0.306 e. The van der Waals surface area contributed by atoms with Crippen LogP contribution in [0, 0.1) is 5.92 Å². The Morgan fingerprint density at radius 2 is 1.64 bits per heavy atom. The van der Waals surface area contributed by atoms with E-state index in [0.29, 0.717) is 18.4 Å². The van der Waals surface area contributed by atoms with E-state index in [4.69, 9.17) is 9.47 Å². The summed E-state index contributed by atoms with van der Waals surface area (Å²) in [4.78, 5) is 38.8. The minimum atomic E-state index is -0.796. The van der Waals surface area contributed by atoms with Gasteiger partial charge in [0.1, 0.15) is 6.10 Å². The largest absolute Gasteiger partial charge is 0.455 e. The molecule has 2 aromatic rings. The third kappa shape index (κ3) is 11.3. The highest BCUT2D eigenvalue weighted by Gasteiger charge is 2.31. The van der Waals surface area contributed by atoms with Gasteiger partial charge in [-0.25, -0.2) is 0 Å². The number of aliphatic hydroxyl groups is 1. The lowest BCUT2D eigenvalue weighted by Crippen LogP contribution is -2.47. The molecule has 0 aliphatic rings. The fourth-order valence-corrected chi connectivity index (χ4v) is 4.19. The highest BCUT2D eigenvalue weighted by atomic mass is 16.5. The highest BCUT2D eigenvalue weighted by Crippen LogP contribution is 2.24. The minimum Gasteiger partial charge on any atom is -0.455 e. The van der Waals surface area contributed by atoms with E-state index in [1.54, 1.807) is 12.2 Å². The molecule has 39 heavy (non-hydrogen) atoms. The monoisotopic (exact) mass is 536 g/mol. The zero-order valence-corrected chi connectivity index (χ0v) is 22.6. The maximum Gasteiger partial charge on any atom is 0.306 e. The molecular weight excluding hydrogens is 496 g/mol. The molecule has 0 aliphatic heterocycles. The summed E-state index contributed by atoms with van der Waals surface area (Å²) in [6, 6.07) is 17.5. The van der Waals surface area contributed by atoms with Gasteiger partial charge >= 0.3 is 5.97 Å². The van der Waals surface area contributed by atoms with E-state index in [0.717, 1.165) is 5.56 Å². The molecule has 0 radical (unpaired) electrons. The predicted molar refractivity (Wildman–Crippen MR) is 151 cm³/mol. The summed E-state index contributed by atoms with van der Waals surface area (Å²) in [5.74, 6) is -1.88. The van der Waals surface area contributed by atoms with E-state index >= 15 is 0 Å². The summed E-state index contributed by atoms with van der Waals surface area (Å²) in [5.41, 5.74) is 1.69. The summed E-state index contributed by atoms with van der Waals surface area (Å²) >= 11 is 0. The second kappa shape index (κ2) is 17.7. The Hall–Kier alpha value is -3.75. The molecule has 3 N–H and O–H groups in total. The molecule has 0 saturated carbocycles. The Bertz CT molecular complexity index is 1040. The first-order valence-corrected chi connectivity index (χ1v) is 13.1. The number of carbonyl (C=O) groups is 3. The molecule has 0 fully saturated rings. The summed E-state index contributed by atoms with van der Waals surface area (Å²) in [5, 5.41) is 15.5. The van der Waals surface area contributed by atoms with E-state index in [1.165, 1.54) is 7.11 Å². The molecule has 8 heteroatoms. The molecule has 2 amide bonds. The van der Waals surface area contributed by atoms with Crippen LogP contribution in [0.2, 0.25) is 0 Å². The highest BCUT2D eigenvalue weighted by molar-refractivity contribution is 5.86. The van der Waals surface area contributed by atoms with Gasteiger partial charge in [0.25, 0.3) is 0 Å².